The molecule has 27 heavy (non-hydrogen) atoms. The summed E-state index contributed by atoms with van der Waals surface area (Å²) >= 11 is 0. The summed E-state index contributed by atoms with van der Waals surface area (Å²) in [7, 11) is 0. The Bertz CT molecular complexity index is 645. The zero-order valence-corrected chi connectivity index (χ0v) is 14.9. The van der Waals surface area contributed by atoms with Gasteiger partial charge in [-0.3, -0.25) is 9.69 Å². The fraction of sp³-hybridized carbons (Fsp3) is 0.556. The van der Waals surface area contributed by atoms with Gasteiger partial charge in [-0.25, -0.2) is 13.6 Å². The minimum atomic E-state index is -2.87. The lowest BCUT2D eigenvalue weighted by atomic mass is 10.0. The first-order chi connectivity index (χ1) is 12.7. The molecule has 0 aliphatic carbocycles. The first-order valence-electron chi connectivity index (χ1n) is 8.79. The van der Waals surface area contributed by atoms with Gasteiger partial charge in [0.15, 0.2) is 0 Å². The Kier molecular flexibility index (Phi) is 7.23. The first kappa shape index (κ1) is 21.2. The summed E-state index contributed by atoms with van der Waals surface area (Å²) in [6, 6.07) is 6.65. The number of carboxylic acid groups (broad SMARTS) is 1. The number of nitrogens with zero attached hydrogens (tertiary/aromatic N) is 1. The molecule has 2 rings (SSSR count). The molecular weight excluding hydrogens is 360 g/mol. The van der Waals surface area contributed by atoms with E-state index in [2.05, 4.69) is 5.32 Å². The van der Waals surface area contributed by atoms with Crippen molar-refractivity contribution in [3.63, 3.8) is 0 Å². The summed E-state index contributed by atoms with van der Waals surface area (Å²) in [6.07, 6.45) is -1.38. The summed E-state index contributed by atoms with van der Waals surface area (Å²) in [4.78, 5) is 24.9. The van der Waals surface area contributed by atoms with Gasteiger partial charge in [0, 0.05) is 19.0 Å². The molecule has 0 bridgehead atoms. The summed E-state index contributed by atoms with van der Waals surface area (Å²) < 4.78 is 27.0. The summed E-state index contributed by atoms with van der Waals surface area (Å²) in [6.45, 7) is -0.495. The molecule has 150 valence electrons. The van der Waals surface area contributed by atoms with E-state index in [1.54, 1.807) is 24.3 Å². The number of benzene rings is 1. The number of hydrogen-bond donors (Lipinski definition) is 4. The van der Waals surface area contributed by atoms with E-state index in [1.807, 2.05) is 6.07 Å². The van der Waals surface area contributed by atoms with E-state index in [0.717, 1.165) is 5.56 Å². The van der Waals surface area contributed by atoms with E-state index in [9.17, 15) is 28.6 Å². The van der Waals surface area contributed by atoms with Crippen molar-refractivity contribution in [3.8, 4) is 0 Å². The van der Waals surface area contributed by atoms with Crippen LogP contribution >= 0.6 is 0 Å². The van der Waals surface area contributed by atoms with E-state index in [1.165, 1.54) is 4.90 Å². The van der Waals surface area contributed by atoms with Gasteiger partial charge in [0.25, 0.3) is 11.8 Å². The molecule has 0 saturated carbocycles. The number of hydrogen-bond acceptors (Lipinski definition) is 5. The maximum Gasteiger partial charge on any atom is 0.327 e. The highest BCUT2D eigenvalue weighted by molar-refractivity contribution is 5.86. The number of carboxylic acids is 1. The molecular formula is C18H25F2N3O4. The van der Waals surface area contributed by atoms with Gasteiger partial charge in [0.05, 0.1) is 6.54 Å². The van der Waals surface area contributed by atoms with Crippen molar-refractivity contribution < 1.29 is 28.6 Å². The van der Waals surface area contributed by atoms with Gasteiger partial charge in [-0.1, -0.05) is 30.3 Å². The predicted molar refractivity (Wildman–Crippen MR) is 94.3 cm³/mol. The van der Waals surface area contributed by atoms with E-state index < -0.39 is 42.5 Å². The van der Waals surface area contributed by atoms with Crippen LogP contribution in [0.15, 0.2) is 30.3 Å². The van der Waals surface area contributed by atoms with Crippen molar-refractivity contribution in [2.75, 3.05) is 19.6 Å². The van der Waals surface area contributed by atoms with Gasteiger partial charge in [-0.05, 0) is 24.9 Å². The molecule has 1 amide bonds. The van der Waals surface area contributed by atoms with E-state index in [-0.39, 0.29) is 25.8 Å². The van der Waals surface area contributed by atoms with Crippen LogP contribution in [0, 0.1) is 0 Å². The minimum absolute atomic E-state index is 0.228. The van der Waals surface area contributed by atoms with Crippen LogP contribution in [0.1, 0.15) is 18.4 Å². The van der Waals surface area contributed by atoms with Crippen molar-refractivity contribution in [1.29, 1.82) is 0 Å². The molecule has 1 saturated heterocycles. The number of likely N-dealkylation sites (tertiary alicyclic amines) is 1. The molecule has 9 heteroatoms. The fourth-order valence-corrected chi connectivity index (χ4v) is 3.10. The molecule has 1 aromatic carbocycles. The standard InChI is InChI=1S/C18H25F2N3O4/c19-18(20)7-4-8-23(11-18)10-14(17(26)27)22-16(25)15(24)13(21)9-12-5-2-1-3-6-12/h1-3,5-6,13-15,24H,4,7-11,21H2,(H,22,25)(H,26,27)/t13-,14+,15+/m1/s1. The second-order valence-corrected chi connectivity index (χ2v) is 6.89. The molecule has 1 fully saturated rings. The van der Waals surface area contributed by atoms with Crippen molar-refractivity contribution in [1.82, 2.24) is 10.2 Å². The first-order valence-corrected chi connectivity index (χ1v) is 8.79. The summed E-state index contributed by atoms with van der Waals surface area (Å²) in [5.41, 5.74) is 6.68. The highest BCUT2D eigenvalue weighted by atomic mass is 19.3. The Balaban J connectivity index is 1.92. The zero-order valence-electron chi connectivity index (χ0n) is 14.9. The lowest BCUT2D eigenvalue weighted by Crippen LogP contribution is -2.56. The maximum absolute atomic E-state index is 13.5. The number of rotatable bonds is 8. The number of alkyl halides is 2. The number of carbonyl (C=O) groups is 2. The van der Waals surface area contributed by atoms with Crippen molar-refractivity contribution in [2.24, 2.45) is 5.73 Å². The van der Waals surface area contributed by atoms with Gasteiger partial charge < -0.3 is 21.3 Å². The van der Waals surface area contributed by atoms with E-state index in [0.29, 0.717) is 6.54 Å². The van der Waals surface area contributed by atoms with Crippen LogP contribution in [-0.2, 0) is 16.0 Å². The lowest BCUT2D eigenvalue weighted by molar-refractivity contribution is -0.145. The highest BCUT2D eigenvalue weighted by Crippen LogP contribution is 2.26. The SMILES string of the molecule is N[C@H](Cc1ccccc1)[C@H](O)C(=O)N[C@@H](CN1CCCC(F)(F)C1)C(=O)O. The molecule has 7 nitrogen and oxygen atoms in total. The molecule has 3 atom stereocenters. The molecule has 0 aromatic heterocycles. The number of nitrogens with one attached hydrogen (secondary N) is 1. The Labute approximate surface area is 156 Å². The Morgan fingerprint density at radius 1 is 1.30 bits per heavy atom. The maximum atomic E-state index is 13.5. The summed E-state index contributed by atoms with van der Waals surface area (Å²) in [5, 5.41) is 21.6. The average Bonchev–Trinajstić information content (AvgIpc) is 2.60. The van der Waals surface area contributed by atoms with Crippen LogP contribution in [0.3, 0.4) is 0 Å². The van der Waals surface area contributed by atoms with Gasteiger partial charge in [-0.15, -0.1) is 0 Å². The lowest BCUT2D eigenvalue weighted by Gasteiger charge is -2.34. The predicted octanol–water partition coefficient (Wildman–Crippen LogP) is 0.218. The van der Waals surface area contributed by atoms with Crippen LogP contribution in [0.2, 0.25) is 0 Å². The molecule has 0 spiro atoms. The normalized spacial score (nSPS) is 20.4. The Morgan fingerprint density at radius 2 is 1.96 bits per heavy atom. The van der Waals surface area contributed by atoms with Crippen LogP contribution in [0.25, 0.3) is 0 Å². The van der Waals surface area contributed by atoms with Crippen LogP contribution in [0.5, 0.6) is 0 Å². The van der Waals surface area contributed by atoms with E-state index >= 15 is 0 Å². The van der Waals surface area contributed by atoms with Crippen molar-refractivity contribution >= 4 is 11.9 Å². The minimum Gasteiger partial charge on any atom is -0.480 e. The molecule has 0 unspecified atom stereocenters. The molecule has 0 radical (unpaired) electrons. The number of halogens is 2. The van der Waals surface area contributed by atoms with Gasteiger partial charge in [0.1, 0.15) is 12.1 Å². The Hall–Kier alpha value is -2.10. The highest BCUT2D eigenvalue weighted by Gasteiger charge is 2.37. The van der Waals surface area contributed by atoms with Crippen LogP contribution in [-0.4, -0.2) is 70.7 Å². The third-order valence-electron chi connectivity index (χ3n) is 4.52. The quantitative estimate of drug-likeness (QED) is 0.509. The van der Waals surface area contributed by atoms with Gasteiger partial charge in [-0.2, -0.15) is 0 Å². The van der Waals surface area contributed by atoms with E-state index in [4.69, 9.17) is 5.73 Å². The number of nitrogens with two attached hydrogens (primary N) is 1. The van der Waals surface area contributed by atoms with Crippen LogP contribution in [0.4, 0.5) is 8.78 Å². The molecule has 1 heterocycles. The zero-order chi connectivity index (χ0) is 20.0. The third-order valence-corrected chi connectivity index (χ3v) is 4.52. The smallest absolute Gasteiger partial charge is 0.327 e. The molecule has 5 N–H and O–H groups in total. The number of aliphatic carboxylic acids is 1. The fourth-order valence-electron chi connectivity index (χ4n) is 3.10. The summed E-state index contributed by atoms with van der Waals surface area (Å²) in [5.74, 6) is -5.17. The number of piperidine rings is 1. The van der Waals surface area contributed by atoms with Crippen molar-refractivity contribution in [3.05, 3.63) is 35.9 Å². The largest absolute Gasteiger partial charge is 0.480 e. The number of aliphatic hydroxyl groups excluding tert-OH is 1. The molecule has 1 aromatic rings. The topological polar surface area (TPSA) is 116 Å². The molecule has 1 aliphatic rings. The Morgan fingerprint density at radius 3 is 2.56 bits per heavy atom. The number of aliphatic hydroxyl groups is 1. The van der Waals surface area contributed by atoms with Crippen LogP contribution < -0.4 is 11.1 Å². The number of amides is 1. The average molecular weight is 385 g/mol. The second-order valence-electron chi connectivity index (χ2n) is 6.89. The van der Waals surface area contributed by atoms with Gasteiger partial charge >= 0.3 is 5.97 Å². The van der Waals surface area contributed by atoms with Crippen molar-refractivity contribution in [2.45, 2.75) is 43.4 Å². The van der Waals surface area contributed by atoms with Gasteiger partial charge in [0.2, 0.25) is 0 Å². The molecule has 1 aliphatic heterocycles. The number of carbonyl (C=O) groups excluding carboxylic acids is 1. The third kappa shape index (κ3) is 6.53. The second kappa shape index (κ2) is 9.20. The monoisotopic (exact) mass is 385 g/mol.